The third-order valence-electron chi connectivity index (χ3n) is 5.88. The molecule has 2 amide bonds. The highest BCUT2D eigenvalue weighted by Gasteiger charge is 2.27. The first-order valence-corrected chi connectivity index (χ1v) is 10.6. The van der Waals surface area contributed by atoms with E-state index in [1.807, 2.05) is 43.3 Å². The van der Waals surface area contributed by atoms with E-state index in [0.29, 0.717) is 53.8 Å². The first kappa shape index (κ1) is 20.7. The zero-order chi connectivity index (χ0) is 22.9. The summed E-state index contributed by atoms with van der Waals surface area (Å²) in [7, 11) is 0. The first-order valence-electron chi connectivity index (χ1n) is 10.6. The average Bonchev–Trinajstić information content (AvgIpc) is 3.55. The first-order chi connectivity index (χ1) is 16.0. The van der Waals surface area contributed by atoms with E-state index in [0.717, 1.165) is 12.0 Å². The molecule has 1 saturated heterocycles. The van der Waals surface area contributed by atoms with Crippen LogP contribution in [0.1, 0.15) is 28.4 Å². The number of nitrogens with zero attached hydrogens (tertiary/aromatic N) is 5. The van der Waals surface area contributed by atoms with Gasteiger partial charge in [0.05, 0.1) is 6.20 Å². The van der Waals surface area contributed by atoms with Crippen LogP contribution in [-0.4, -0.2) is 54.6 Å². The van der Waals surface area contributed by atoms with E-state index < -0.39 is 6.09 Å². The van der Waals surface area contributed by atoms with Crippen LogP contribution in [0.2, 0.25) is 0 Å². The van der Waals surface area contributed by atoms with Crippen LogP contribution in [0.3, 0.4) is 0 Å². The third kappa shape index (κ3) is 4.14. The zero-order valence-corrected chi connectivity index (χ0v) is 17.9. The van der Waals surface area contributed by atoms with E-state index in [4.69, 9.17) is 9.63 Å². The molecule has 1 aromatic carbocycles. The highest BCUT2D eigenvalue weighted by Crippen LogP contribution is 2.26. The molecule has 0 bridgehead atoms. The predicted molar refractivity (Wildman–Crippen MR) is 119 cm³/mol. The monoisotopic (exact) mass is 446 g/mol. The van der Waals surface area contributed by atoms with Gasteiger partial charge in [0, 0.05) is 37.0 Å². The van der Waals surface area contributed by atoms with Crippen LogP contribution in [-0.2, 0) is 6.42 Å². The summed E-state index contributed by atoms with van der Waals surface area (Å²) in [5.74, 6) is 0.780. The summed E-state index contributed by atoms with van der Waals surface area (Å²) in [4.78, 5) is 34.1. The molecule has 0 spiro atoms. The Kier molecular flexibility index (Phi) is 5.25. The minimum atomic E-state index is -0.901. The summed E-state index contributed by atoms with van der Waals surface area (Å²) in [6, 6.07) is 11.1. The molecule has 4 heterocycles. The van der Waals surface area contributed by atoms with Gasteiger partial charge < -0.3 is 19.8 Å². The number of aryl methyl sites for hydroxylation is 1. The molecule has 4 aromatic rings. The number of anilines is 1. The maximum absolute atomic E-state index is 12.9. The van der Waals surface area contributed by atoms with E-state index in [1.54, 1.807) is 16.8 Å². The number of carboxylic acid groups (broad SMARTS) is 1. The number of amides is 2. The summed E-state index contributed by atoms with van der Waals surface area (Å²) in [6.45, 7) is 2.90. The van der Waals surface area contributed by atoms with Crippen LogP contribution >= 0.6 is 0 Å². The van der Waals surface area contributed by atoms with Crippen molar-refractivity contribution in [1.29, 1.82) is 0 Å². The predicted octanol–water partition coefficient (Wildman–Crippen LogP) is 3.49. The van der Waals surface area contributed by atoms with Gasteiger partial charge in [0.2, 0.25) is 11.7 Å². The number of rotatable bonds is 5. The van der Waals surface area contributed by atoms with Gasteiger partial charge in [0.1, 0.15) is 11.3 Å². The number of aromatic nitrogens is 4. The molecule has 1 aliphatic rings. The van der Waals surface area contributed by atoms with Crippen molar-refractivity contribution in [3.05, 3.63) is 65.9 Å². The molecule has 5 rings (SSSR count). The Morgan fingerprint density at radius 3 is 2.97 bits per heavy atom. The van der Waals surface area contributed by atoms with E-state index in [2.05, 4.69) is 20.4 Å². The van der Waals surface area contributed by atoms with Crippen molar-refractivity contribution in [3.8, 4) is 11.4 Å². The molecule has 10 nitrogen and oxygen atoms in total. The fourth-order valence-electron chi connectivity index (χ4n) is 4.06. The number of pyridine rings is 1. The molecule has 2 N–H and O–H groups in total. The van der Waals surface area contributed by atoms with Gasteiger partial charge in [0.15, 0.2) is 0 Å². The van der Waals surface area contributed by atoms with Crippen LogP contribution in [0, 0.1) is 12.8 Å². The second-order valence-electron chi connectivity index (χ2n) is 8.16. The number of nitrogens with one attached hydrogen (secondary N) is 1. The van der Waals surface area contributed by atoms with Crippen LogP contribution in [0.4, 0.5) is 10.5 Å². The van der Waals surface area contributed by atoms with E-state index in [1.165, 1.54) is 4.90 Å². The summed E-state index contributed by atoms with van der Waals surface area (Å²) < 4.78 is 7.14. The normalized spacial score (nSPS) is 15.8. The Morgan fingerprint density at radius 1 is 1.27 bits per heavy atom. The topological polar surface area (TPSA) is 126 Å². The molecule has 0 unspecified atom stereocenters. The van der Waals surface area contributed by atoms with E-state index in [-0.39, 0.29) is 11.8 Å². The maximum atomic E-state index is 12.9. The average molecular weight is 446 g/mol. The van der Waals surface area contributed by atoms with Crippen molar-refractivity contribution >= 4 is 23.3 Å². The number of fused-ring (bicyclic) bond motifs is 1. The van der Waals surface area contributed by atoms with Crippen molar-refractivity contribution in [3.63, 3.8) is 0 Å². The molecular weight excluding hydrogens is 424 g/mol. The fourth-order valence-corrected chi connectivity index (χ4v) is 4.06. The number of hydrogen-bond acceptors (Lipinski definition) is 6. The molecule has 33 heavy (non-hydrogen) atoms. The van der Waals surface area contributed by atoms with Gasteiger partial charge in [-0.15, -0.1) is 0 Å². The summed E-state index contributed by atoms with van der Waals surface area (Å²) in [5, 5.41) is 16.1. The third-order valence-corrected chi connectivity index (χ3v) is 5.88. The molecule has 3 aromatic heterocycles. The van der Waals surface area contributed by atoms with Gasteiger partial charge in [-0.3, -0.25) is 9.20 Å². The fraction of sp³-hybridized carbons (Fsp3) is 0.261. The minimum absolute atomic E-state index is 0.160. The Morgan fingerprint density at radius 2 is 2.15 bits per heavy atom. The Hall–Kier alpha value is -4.21. The van der Waals surface area contributed by atoms with Crippen molar-refractivity contribution in [1.82, 2.24) is 24.4 Å². The second-order valence-corrected chi connectivity index (χ2v) is 8.16. The van der Waals surface area contributed by atoms with Crippen LogP contribution in [0.5, 0.6) is 0 Å². The lowest BCUT2D eigenvalue weighted by molar-refractivity contribution is 0.102. The molecule has 10 heteroatoms. The Bertz CT molecular complexity index is 1340. The van der Waals surface area contributed by atoms with Gasteiger partial charge in [-0.25, -0.2) is 9.78 Å². The lowest BCUT2D eigenvalue weighted by Gasteiger charge is -2.10. The smallest absolute Gasteiger partial charge is 0.407 e. The van der Waals surface area contributed by atoms with Crippen LogP contribution in [0.15, 0.2) is 53.3 Å². The molecular formula is C23H22N6O4. The number of carbonyl (C=O) groups is 2. The Labute approximate surface area is 188 Å². The highest BCUT2D eigenvalue weighted by atomic mass is 16.5. The van der Waals surface area contributed by atoms with E-state index in [9.17, 15) is 9.59 Å². The summed E-state index contributed by atoms with van der Waals surface area (Å²) >= 11 is 0. The van der Waals surface area contributed by atoms with Gasteiger partial charge in [-0.1, -0.05) is 23.4 Å². The van der Waals surface area contributed by atoms with Gasteiger partial charge in [0.25, 0.3) is 5.91 Å². The Balaban J connectivity index is 1.32. The molecule has 1 atom stereocenters. The minimum Gasteiger partial charge on any atom is -0.465 e. The molecule has 0 aliphatic carbocycles. The number of hydrogen-bond donors (Lipinski definition) is 2. The maximum Gasteiger partial charge on any atom is 0.407 e. The lowest BCUT2D eigenvalue weighted by Crippen LogP contribution is -2.26. The van der Waals surface area contributed by atoms with Crippen molar-refractivity contribution in [2.24, 2.45) is 5.92 Å². The number of carbonyl (C=O) groups excluding carboxylic acids is 1. The summed E-state index contributed by atoms with van der Waals surface area (Å²) in [5.41, 5.74) is 3.38. The SMILES string of the molecule is Cc1ccc(-c2noc(C[C@@H]3CCN(C(=O)O)C3)n2)cc1NC(=O)c1cnc2ccccn12. The molecule has 0 saturated carbocycles. The number of benzene rings is 1. The number of imidazole rings is 1. The number of likely N-dealkylation sites (tertiary alicyclic amines) is 1. The van der Waals surface area contributed by atoms with Crippen LogP contribution < -0.4 is 5.32 Å². The van der Waals surface area contributed by atoms with Crippen molar-refractivity contribution < 1.29 is 19.2 Å². The molecule has 1 fully saturated rings. The van der Waals surface area contributed by atoms with Gasteiger partial charge >= 0.3 is 6.09 Å². The van der Waals surface area contributed by atoms with Gasteiger partial charge in [-0.05, 0) is 43.0 Å². The second kappa shape index (κ2) is 8.38. The zero-order valence-electron chi connectivity index (χ0n) is 17.9. The lowest BCUT2D eigenvalue weighted by atomic mass is 10.1. The quantitative estimate of drug-likeness (QED) is 0.481. The highest BCUT2D eigenvalue weighted by molar-refractivity contribution is 6.04. The largest absolute Gasteiger partial charge is 0.465 e. The molecule has 1 aliphatic heterocycles. The van der Waals surface area contributed by atoms with Gasteiger partial charge in [-0.2, -0.15) is 4.98 Å². The van der Waals surface area contributed by atoms with E-state index >= 15 is 0 Å². The summed E-state index contributed by atoms with van der Waals surface area (Å²) in [6.07, 6.45) is 3.74. The molecule has 168 valence electrons. The molecule has 0 radical (unpaired) electrons. The van der Waals surface area contributed by atoms with Crippen molar-refractivity contribution in [2.45, 2.75) is 19.8 Å². The van der Waals surface area contributed by atoms with Crippen molar-refractivity contribution in [2.75, 3.05) is 18.4 Å². The van der Waals surface area contributed by atoms with Crippen LogP contribution in [0.25, 0.3) is 17.0 Å². The standard InChI is InChI=1S/C23H22N6O4/c1-14-5-6-16(21-26-20(33-27-21)10-15-7-9-28(13-15)23(31)32)11-17(14)25-22(30)18-12-24-19-4-2-3-8-29(18)19/h2-6,8,11-12,15H,7,9-10,13H2,1H3,(H,25,30)(H,31,32)/t15-/m0/s1.